The van der Waals surface area contributed by atoms with E-state index in [0.717, 1.165) is 11.4 Å². The molecule has 0 radical (unpaired) electrons. The summed E-state index contributed by atoms with van der Waals surface area (Å²) >= 11 is 1.30. The number of nitrogens with one attached hydrogen (secondary N) is 1. The summed E-state index contributed by atoms with van der Waals surface area (Å²) in [5.41, 5.74) is 1.35. The molecule has 3 rings (SSSR count). The van der Waals surface area contributed by atoms with Crippen LogP contribution in [-0.4, -0.2) is 34.4 Å². The highest BCUT2D eigenvalue weighted by molar-refractivity contribution is 8.00. The van der Waals surface area contributed by atoms with Gasteiger partial charge in [-0.2, -0.15) is 8.78 Å². The maximum Gasteiger partial charge on any atom is 0.387 e. The average Bonchev–Trinajstić information content (AvgIpc) is 3.17. The largest absolute Gasteiger partial charge is 0.497 e. The number of carbonyl (C=O) groups excluding carboxylic acids is 1. The number of thioether (sulfide) groups is 1. The lowest BCUT2D eigenvalue weighted by Crippen LogP contribution is -2.22. The molecule has 6 nitrogen and oxygen atoms in total. The van der Waals surface area contributed by atoms with Crippen LogP contribution in [0.2, 0.25) is 0 Å². The van der Waals surface area contributed by atoms with E-state index in [4.69, 9.17) is 4.74 Å². The molecule has 1 unspecified atom stereocenters. The van der Waals surface area contributed by atoms with Gasteiger partial charge in [0.1, 0.15) is 11.5 Å². The number of benzene rings is 2. The van der Waals surface area contributed by atoms with Crippen molar-refractivity contribution in [3.05, 3.63) is 60.9 Å². The zero-order valence-corrected chi connectivity index (χ0v) is 16.5. The Kier molecular flexibility index (Phi) is 6.71. The molecule has 1 aromatic heterocycles. The van der Waals surface area contributed by atoms with E-state index in [1.807, 2.05) is 35.0 Å². The van der Waals surface area contributed by atoms with Crippen LogP contribution in [-0.2, 0) is 4.79 Å². The number of halogens is 2. The van der Waals surface area contributed by atoms with Crippen LogP contribution in [0.3, 0.4) is 0 Å². The first kappa shape index (κ1) is 20.7. The van der Waals surface area contributed by atoms with Gasteiger partial charge >= 0.3 is 6.61 Å². The van der Waals surface area contributed by atoms with E-state index in [-0.39, 0.29) is 11.7 Å². The maximum atomic E-state index is 12.5. The molecule has 0 aliphatic rings. The number of rotatable bonds is 8. The molecule has 1 heterocycles. The summed E-state index contributed by atoms with van der Waals surface area (Å²) in [6.45, 7) is -1.13. The monoisotopic (exact) mass is 419 g/mol. The van der Waals surface area contributed by atoms with E-state index < -0.39 is 11.9 Å². The molecular weight excluding hydrogens is 400 g/mol. The second-order valence-corrected chi connectivity index (χ2v) is 7.24. The Hall–Kier alpha value is -3.07. The Bertz CT molecular complexity index is 964. The van der Waals surface area contributed by atoms with Gasteiger partial charge in [0, 0.05) is 24.1 Å². The van der Waals surface area contributed by atoms with Crippen molar-refractivity contribution in [2.45, 2.75) is 23.9 Å². The van der Waals surface area contributed by atoms with Crippen molar-refractivity contribution >= 4 is 23.4 Å². The fourth-order valence-corrected chi connectivity index (χ4v) is 3.39. The molecule has 9 heteroatoms. The predicted octanol–water partition coefficient (Wildman–Crippen LogP) is 4.60. The van der Waals surface area contributed by atoms with Crippen LogP contribution < -0.4 is 14.8 Å². The number of imidazole rings is 1. The number of aromatic nitrogens is 2. The van der Waals surface area contributed by atoms with E-state index in [1.54, 1.807) is 20.2 Å². The second-order valence-electron chi connectivity index (χ2n) is 5.93. The molecule has 0 saturated carbocycles. The Labute approximate surface area is 170 Å². The number of amides is 1. The minimum Gasteiger partial charge on any atom is -0.497 e. The van der Waals surface area contributed by atoms with Crippen molar-refractivity contribution in [3.63, 3.8) is 0 Å². The molecule has 0 spiro atoms. The minimum absolute atomic E-state index is 0.0285. The van der Waals surface area contributed by atoms with Gasteiger partial charge in [-0.3, -0.25) is 9.36 Å². The molecule has 1 N–H and O–H groups in total. The number of nitrogens with zero attached hydrogens (tertiary/aromatic N) is 2. The third-order valence-electron chi connectivity index (χ3n) is 3.94. The van der Waals surface area contributed by atoms with Crippen LogP contribution in [0.25, 0.3) is 5.69 Å². The molecule has 29 heavy (non-hydrogen) atoms. The number of carbonyl (C=O) groups is 1. The quantitative estimate of drug-likeness (QED) is 0.541. The van der Waals surface area contributed by atoms with Crippen molar-refractivity contribution in [2.24, 2.45) is 0 Å². The number of ether oxygens (including phenoxy) is 2. The lowest BCUT2D eigenvalue weighted by atomic mass is 10.3. The lowest BCUT2D eigenvalue weighted by molar-refractivity contribution is -0.115. The smallest absolute Gasteiger partial charge is 0.387 e. The van der Waals surface area contributed by atoms with Crippen LogP contribution in [0.5, 0.6) is 11.5 Å². The van der Waals surface area contributed by atoms with Gasteiger partial charge in [-0.05, 0) is 43.3 Å². The maximum absolute atomic E-state index is 12.5. The van der Waals surface area contributed by atoms with Gasteiger partial charge in [0.2, 0.25) is 5.91 Å². The number of alkyl halides is 2. The molecule has 2 aromatic carbocycles. The van der Waals surface area contributed by atoms with Crippen LogP contribution in [0, 0.1) is 0 Å². The van der Waals surface area contributed by atoms with Crippen molar-refractivity contribution in [1.29, 1.82) is 0 Å². The number of hydrogen-bond acceptors (Lipinski definition) is 5. The van der Waals surface area contributed by atoms with Gasteiger partial charge < -0.3 is 14.8 Å². The molecule has 0 saturated heterocycles. The van der Waals surface area contributed by atoms with Gasteiger partial charge in [0.15, 0.2) is 5.16 Å². The second kappa shape index (κ2) is 9.42. The summed E-state index contributed by atoms with van der Waals surface area (Å²) in [4.78, 5) is 16.8. The Morgan fingerprint density at radius 3 is 2.62 bits per heavy atom. The third-order valence-corrected chi connectivity index (χ3v) is 5.02. The zero-order chi connectivity index (χ0) is 20.8. The molecule has 1 amide bonds. The van der Waals surface area contributed by atoms with Crippen LogP contribution in [0.15, 0.2) is 66.1 Å². The predicted molar refractivity (Wildman–Crippen MR) is 107 cm³/mol. The molecule has 0 aliphatic heterocycles. The summed E-state index contributed by atoms with van der Waals surface area (Å²) in [6.07, 6.45) is 3.47. The number of methoxy groups -OCH3 is 1. The van der Waals surface area contributed by atoms with E-state index in [2.05, 4.69) is 15.0 Å². The van der Waals surface area contributed by atoms with Crippen molar-refractivity contribution in [3.8, 4) is 17.2 Å². The van der Waals surface area contributed by atoms with E-state index in [1.165, 1.54) is 36.0 Å². The van der Waals surface area contributed by atoms with E-state index in [9.17, 15) is 13.6 Å². The lowest BCUT2D eigenvalue weighted by Gasteiger charge is -2.14. The number of anilines is 1. The van der Waals surface area contributed by atoms with Crippen molar-refractivity contribution < 1.29 is 23.0 Å². The fourth-order valence-electron chi connectivity index (χ4n) is 2.51. The molecule has 1 atom stereocenters. The Morgan fingerprint density at radius 1 is 1.17 bits per heavy atom. The highest BCUT2D eigenvalue weighted by Gasteiger charge is 2.18. The summed E-state index contributed by atoms with van der Waals surface area (Å²) < 4.78 is 35.8. The van der Waals surface area contributed by atoms with Gasteiger partial charge in [-0.25, -0.2) is 4.98 Å². The fraction of sp³-hybridized carbons (Fsp3) is 0.200. The molecule has 0 aliphatic carbocycles. The first-order chi connectivity index (χ1) is 14.0. The van der Waals surface area contributed by atoms with Crippen molar-refractivity contribution in [1.82, 2.24) is 9.55 Å². The Morgan fingerprint density at radius 2 is 1.93 bits per heavy atom. The summed E-state index contributed by atoms with van der Waals surface area (Å²) in [5.74, 6) is 0.510. The highest BCUT2D eigenvalue weighted by Crippen LogP contribution is 2.27. The third kappa shape index (κ3) is 5.47. The van der Waals surface area contributed by atoms with Crippen LogP contribution in [0.1, 0.15) is 6.92 Å². The topological polar surface area (TPSA) is 65.4 Å². The summed E-state index contributed by atoms with van der Waals surface area (Å²) in [5, 5.41) is 2.96. The normalized spacial score (nSPS) is 11.9. The summed E-state index contributed by atoms with van der Waals surface area (Å²) in [7, 11) is 1.60. The zero-order valence-electron chi connectivity index (χ0n) is 15.7. The molecule has 0 fully saturated rings. The first-order valence-electron chi connectivity index (χ1n) is 8.66. The molecular formula is C20H19F2N3O3S. The average molecular weight is 419 g/mol. The molecule has 152 valence electrons. The van der Waals surface area contributed by atoms with Gasteiger partial charge in [0.25, 0.3) is 0 Å². The molecule has 3 aromatic rings. The Balaban J connectivity index is 1.65. The van der Waals surface area contributed by atoms with Gasteiger partial charge in [-0.15, -0.1) is 0 Å². The number of hydrogen-bond donors (Lipinski definition) is 1. The van der Waals surface area contributed by atoms with Crippen LogP contribution >= 0.6 is 11.8 Å². The van der Waals surface area contributed by atoms with Crippen molar-refractivity contribution in [2.75, 3.05) is 12.4 Å². The van der Waals surface area contributed by atoms with Gasteiger partial charge in [-0.1, -0.05) is 17.8 Å². The summed E-state index contributed by atoms with van der Waals surface area (Å²) in [6, 6.07) is 13.3. The van der Waals surface area contributed by atoms with E-state index >= 15 is 0 Å². The SMILES string of the molecule is COc1cccc(-n2ccnc2SC(C)C(=O)Nc2ccc(OC(F)F)cc2)c1. The standard InChI is InChI=1S/C20H19F2N3O3S/c1-13(18(26)24-14-6-8-16(9-7-14)28-19(21)22)29-20-23-10-11-25(20)15-4-3-5-17(12-15)27-2/h3-13,19H,1-2H3,(H,24,26). The van der Waals surface area contributed by atoms with Gasteiger partial charge in [0.05, 0.1) is 18.0 Å². The first-order valence-corrected chi connectivity index (χ1v) is 9.54. The highest BCUT2D eigenvalue weighted by atomic mass is 32.2. The van der Waals surface area contributed by atoms with E-state index in [0.29, 0.717) is 10.8 Å². The minimum atomic E-state index is -2.89. The molecule has 0 bridgehead atoms. The van der Waals surface area contributed by atoms with Crippen LogP contribution in [0.4, 0.5) is 14.5 Å².